The molecule has 100 valence electrons. The van der Waals surface area contributed by atoms with Gasteiger partial charge in [-0.15, -0.1) is 0 Å². The van der Waals surface area contributed by atoms with Crippen molar-refractivity contribution in [2.24, 2.45) is 0 Å². The third kappa shape index (κ3) is 2.50. The molecule has 3 nitrogen and oxygen atoms in total. The van der Waals surface area contributed by atoms with E-state index in [-0.39, 0.29) is 0 Å². The fourth-order valence-corrected chi connectivity index (χ4v) is 2.72. The zero-order chi connectivity index (χ0) is 13.9. The Labute approximate surface area is 119 Å². The number of hydrogen-bond acceptors (Lipinski definition) is 3. The molecular formula is C17H17N3. The number of anilines is 1. The number of pyridine rings is 1. The van der Waals surface area contributed by atoms with Crippen molar-refractivity contribution in [2.75, 3.05) is 11.9 Å². The first-order chi connectivity index (χ1) is 9.76. The summed E-state index contributed by atoms with van der Waals surface area (Å²) in [5, 5.41) is 8.94. The molecule has 0 saturated carbocycles. The zero-order valence-corrected chi connectivity index (χ0v) is 11.6. The molecule has 1 aromatic heterocycles. The fourth-order valence-electron chi connectivity index (χ4n) is 2.72. The second kappa shape index (κ2) is 5.34. The molecule has 0 unspecified atom stereocenters. The first kappa shape index (κ1) is 12.7. The Balaban J connectivity index is 1.79. The van der Waals surface area contributed by atoms with Crippen LogP contribution in [0.2, 0.25) is 0 Å². The van der Waals surface area contributed by atoms with Crippen molar-refractivity contribution in [2.45, 2.75) is 25.8 Å². The van der Waals surface area contributed by atoms with Crippen LogP contribution in [0.3, 0.4) is 0 Å². The third-order valence-electron chi connectivity index (χ3n) is 3.78. The number of aryl methyl sites for hydroxylation is 2. The van der Waals surface area contributed by atoms with Crippen molar-refractivity contribution in [3.05, 3.63) is 58.8 Å². The maximum absolute atomic E-state index is 8.94. The Hall–Kier alpha value is -2.34. The van der Waals surface area contributed by atoms with E-state index in [1.807, 2.05) is 31.3 Å². The predicted octanol–water partition coefficient (Wildman–Crippen LogP) is 3.08. The SMILES string of the molecule is CN(Cc1cccc(C#N)c1)c1ccc2c(n1)CCC2. The zero-order valence-electron chi connectivity index (χ0n) is 11.6. The lowest BCUT2D eigenvalue weighted by Gasteiger charge is -2.19. The average molecular weight is 263 g/mol. The maximum Gasteiger partial charge on any atom is 0.128 e. The van der Waals surface area contributed by atoms with Crippen LogP contribution in [-0.2, 0) is 19.4 Å². The molecular weight excluding hydrogens is 246 g/mol. The maximum atomic E-state index is 8.94. The lowest BCUT2D eigenvalue weighted by molar-refractivity contribution is 0.873. The molecule has 0 amide bonds. The number of fused-ring (bicyclic) bond motifs is 1. The lowest BCUT2D eigenvalue weighted by atomic mass is 10.1. The quantitative estimate of drug-likeness (QED) is 0.854. The number of nitrogens with zero attached hydrogens (tertiary/aromatic N) is 3. The number of benzene rings is 1. The van der Waals surface area contributed by atoms with Crippen molar-refractivity contribution in [1.29, 1.82) is 5.26 Å². The second-order valence-electron chi connectivity index (χ2n) is 5.30. The van der Waals surface area contributed by atoms with E-state index in [0.29, 0.717) is 5.56 Å². The number of aromatic nitrogens is 1. The van der Waals surface area contributed by atoms with Gasteiger partial charge in [-0.25, -0.2) is 4.98 Å². The van der Waals surface area contributed by atoms with Crippen molar-refractivity contribution < 1.29 is 0 Å². The summed E-state index contributed by atoms with van der Waals surface area (Å²) in [6, 6.07) is 14.2. The highest BCUT2D eigenvalue weighted by Gasteiger charge is 2.14. The van der Waals surface area contributed by atoms with Crippen molar-refractivity contribution in [1.82, 2.24) is 4.98 Å². The van der Waals surface area contributed by atoms with E-state index in [1.54, 1.807) is 0 Å². The molecule has 0 fully saturated rings. The van der Waals surface area contributed by atoms with Gasteiger partial charge in [-0.1, -0.05) is 18.2 Å². The Morgan fingerprint density at radius 2 is 2.15 bits per heavy atom. The topological polar surface area (TPSA) is 39.9 Å². The van der Waals surface area contributed by atoms with Gasteiger partial charge in [-0.05, 0) is 48.6 Å². The molecule has 0 spiro atoms. The molecule has 3 rings (SSSR count). The molecule has 1 aliphatic carbocycles. The van der Waals surface area contributed by atoms with Gasteiger partial charge in [-0.3, -0.25) is 0 Å². The molecule has 0 aliphatic heterocycles. The molecule has 3 heteroatoms. The van der Waals surface area contributed by atoms with Crippen LogP contribution in [0.15, 0.2) is 36.4 Å². The van der Waals surface area contributed by atoms with Gasteiger partial charge in [0.2, 0.25) is 0 Å². The molecule has 0 saturated heterocycles. The monoisotopic (exact) mass is 263 g/mol. The van der Waals surface area contributed by atoms with E-state index in [9.17, 15) is 0 Å². The second-order valence-corrected chi connectivity index (χ2v) is 5.30. The van der Waals surface area contributed by atoms with Crippen LogP contribution < -0.4 is 4.90 Å². The number of rotatable bonds is 3. The highest BCUT2D eigenvalue weighted by molar-refractivity contribution is 5.44. The van der Waals surface area contributed by atoms with Gasteiger partial charge in [0, 0.05) is 19.3 Å². The highest BCUT2D eigenvalue weighted by Crippen LogP contribution is 2.23. The van der Waals surface area contributed by atoms with E-state index in [1.165, 1.54) is 17.7 Å². The number of hydrogen-bond donors (Lipinski definition) is 0. The lowest BCUT2D eigenvalue weighted by Crippen LogP contribution is -2.18. The summed E-state index contributed by atoms with van der Waals surface area (Å²) in [5.41, 5.74) is 4.49. The molecule has 20 heavy (non-hydrogen) atoms. The van der Waals surface area contributed by atoms with Gasteiger partial charge < -0.3 is 4.90 Å². The van der Waals surface area contributed by atoms with Crippen molar-refractivity contribution in [3.63, 3.8) is 0 Å². The molecule has 1 heterocycles. The summed E-state index contributed by atoms with van der Waals surface area (Å²) in [6.07, 6.45) is 3.48. The van der Waals surface area contributed by atoms with Crippen LogP contribution in [0.4, 0.5) is 5.82 Å². The molecule has 1 aliphatic rings. The molecule has 0 N–H and O–H groups in total. The normalized spacial score (nSPS) is 12.8. The summed E-state index contributed by atoms with van der Waals surface area (Å²) >= 11 is 0. The minimum absolute atomic E-state index is 0.706. The molecule has 0 atom stereocenters. The van der Waals surface area contributed by atoms with Crippen LogP contribution in [0.1, 0.15) is 28.8 Å². The molecule has 2 aromatic rings. The Kier molecular flexibility index (Phi) is 3.39. The van der Waals surface area contributed by atoms with Gasteiger partial charge in [0.25, 0.3) is 0 Å². The van der Waals surface area contributed by atoms with Gasteiger partial charge in [0.05, 0.1) is 11.6 Å². The minimum atomic E-state index is 0.706. The Morgan fingerprint density at radius 3 is 3.00 bits per heavy atom. The first-order valence-electron chi connectivity index (χ1n) is 6.95. The van der Waals surface area contributed by atoms with Gasteiger partial charge in [0.15, 0.2) is 0 Å². The Bertz CT molecular complexity index is 670. The van der Waals surface area contributed by atoms with E-state index < -0.39 is 0 Å². The number of nitriles is 1. The van der Waals surface area contributed by atoms with Crippen LogP contribution in [0, 0.1) is 11.3 Å². The molecule has 0 bridgehead atoms. The summed E-state index contributed by atoms with van der Waals surface area (Å²) in [5.74, 6) is 1.01. The van der Waals surface area contributed by atoms with Crippen molar-refractivity contribution >= 4 is 5.82 Å². The molecule has 0 radical (unpaired) electrons. The predicted molar refractivity (Wildman–Crippen MR) is 79.5 cm³/mol. The van der Waals surface area contributed by atoms with Crippen molar-refractivity contribution in [3.8, 4) is 6.07 Å². The largest absolute Gasteiger partial charge is 0.355 e. The molecule has 1 aromatic carbocycles. The van der Waals surface area contributed by atoms with E-state index in [4.69, 9.17) is 10.2 Å². The summed E-state index contributed by atoms with van der Waals surface area (Å²) in [6.45, 7) is 0.765. The Morgan fingerprint density at radius 1 is 1.25 bits per heavy atom. The van der Waals surface area contributed by atoms with Crippen LogP contribution in [0.5, 0.6) is 0 Å². The summed E-state index contributed by atoms with van der Waals surface area (Å²) in [4.78, 5) is 6.89. The van der Waals surface area contributed by atoms with E-state index in [0.717, 1.165) is 30.8 Å². The summed E-state index contributed by atoms with van der Waals surface area (Å²) < 4.78 is 0. The van der Waals surface area contributed by atoms with Gasteiger partial charge in [0.1, 0.15) is 5.82 Å². The van der Waals surface area contributed by atoms with Gasteiger partial charge in [-0.2, -0.15) is 5.26 Å². The van der Waals surface area contributed by atoms with Crippen LogP contribution in [0.25, 0.3) is 0 Å². The highest BCUT2D eigenvalue weighted by atomic mass is 15.2. The smallest absolute Gasteiger partial charge is 0.128 e. The first-order valence-corrected chi connectivity index (χ1v) is 6.95. The van der Waals surface area contributed by atoms with E-state index in [2.05, 4.69) is 23.1 Å². The van der Waals surface area contributed by atoms with Gasteiger partial charge >= 0.3 is 0 Å². The minimum Gasteiger partial charge on any atom is -0.355 e. The average Bonchev–Trinajstić information content (AvgIpc) is 2.94. The third-order valence-corrected chi connectivity index (χ3v) is 3.78. The van der Waals surface area contributed by atoms with Crippen LogP contribution in [-0.4, -0.2) is 12.0 Å². The van der Waals surface area contributed by atoms with E-state index >= 15 is 0 Å². The van der Waals surface area contributed by atoms with Crippen LogP contribution >= 0.6 is 0 Å². The fraction of sp³-hybridized carbons (Fsp3) is 0.294. The standard InChI is InChI=1S/C17H17N3/c1-20(12-14-5-2-4-13(10-14)11-18)17-9-8-15-6-3-7-16(15)19-17/h2,4-5,8-10H,3,6-7,12H2,1H3. The summed E-state index contributed by atoms with van der Waals surface area (Å²) in [7, 11) is 2.04.